The molecule has 0 bridgehead atoms. The summed E-state index contributed by atoms with van der Waals surface area (Å²) >= 11 is 0. The average molecular weight is 371 g/mol. The Bertz CT molecular complexity index is 784. The van der Waals surface area contributed by atoms with Crippen molar-refractivity contribution in [3.63, 3.8) is 0 Å². The fourth-order valence-corrected chi connectivity index (χ4v) is 3.03. The molecule has 3 rings (SSSR count). The molecule has 1 saturated heterocycles. The molecule has 144 valence electrons. The Morgan fingerprint density at radius 2 is 1.93 bits per heavy atom. The topological polar surface area (TPSA) is 72.9 Å². The summed E-state index contributed by atoms with van der Waals surface area (Å²) in [5.41, 5.74) is 1.69. The summed E-state index contributed by atoms with van der Waals surface area (Å²) in [4.78, 5) is 18.4. The van der Waals surface area contributed by atoms with Crippen LogP contribution in [0.4, 0.5) is 10.5 Å². The molecule has 2 heterocycles. The van der Waals surface area contributed by atoms with Gasteiger partial charge in [-0.1, -0.05) is 6.07 Å². The second kappa shape index (κ2) is 8.26. The van der Waals surface area contributed by atoms with Gasteiger partial charge in [-0.15, -0.1) is 0 Å². The van der Waals surface area contributed by atoms with E-state index in [9.17, 15) is 4.79 Å². The van der Waals surface area contributed by atoms with E-state index in [1.54, 1.807) is 30.3 Å². The number of anilines is 1. The molecule has 0 unspecified atom stereocenters. The SMILES string of the molecule is COc1cc(C)ccc1Oc1ccc(NC(=O)N2C[C@@H](C)O[C@H](C)C2)cn1. The number of amides is 2. The first-order valence-electron chi connectivity index (χ1n) is 8.94. The van der Waals surface area contributed by atoms with Gasteiger partial charge in [-0.2, -0.15) is 0 Å². The van der Waals surface area contributed by atoms with Crippen LogP contribution in [-0.4, -0.2) is 48.3 Å². The van der Waals surface area contributed by atoms with E-state index in [1.165, 1.54) is 0 Å². The number of ether oxygens (including phenoxy) is 3. The predicted octanol–water partition coefficient (Wildman–Crippen LogP) is 3.83. The number of urea groups is 1. The highest BCUT2D eigenvalue weighted by atomic mass is 16.5. The van der Waals surface area contributed by atoms with Gasteiger partial charge in [-0.05, 0) is 44.5 Å². The van der Waals surface area contributed by atoms with E-state index in [0.717, 1.165) is 5.56 Å². The van der Waals surface area contributed by atoms with E-state index in [0.29, 0.717) is 36.2 Å². The molecule has 2 amide bonds. The zero-order valence-corrected chi connectivity index (χ0v) is 16.1. The van der Waals surface area contributed by atoms with Gasteiger partial charge in [0, 0.05) is 19.2 Å². The minimum Gasteiger partial charge on any atom is -0.493 e. The molecule has 2 aromatic rings. The summed E-state index contributed by atoms with van der Waals surface area (Å²) in [6.07, 6.45) is 1.62. The Kier molecular flexibility index (Phi) is 5.81. The third kappa shape index (κ3) is 4.89. The third-order valence-electron chi connectivity index (χ3n) is 4.23. The molecule has 1 aliphatic heterocycles. The average Bonchev–Trinajstić information content (AvgIpc) is 2.64. The Morgan fingerprint density at radius 1 is 1.19 bits per heavy atom. The van der Waals surface area contributed by atoms with Crippen LogP contribution in [0.25, 0.3) is 0 Å². The molecule has 7 heteroatoms. The summed E-state index contributed by atoms with van der Waals surface area (Å²) in [5, 5.41) is 2.86. The quantitative estimate of drug-likeness (QED) is 0.884. The van der Waals surface area contributed by atoms with Gasteiger partial charge in [-0.25, -0.2) is 9.78 Å². The number of rotatable bonds is 4. The van der Waals surface area contributed by atoms with E-state index in [1.807, 2.05) is 39.0 Å². The fraction of sp³-hybridized carbons (Fsp3) is 0.400. The molecule has 0 saturated carbocycles. The first-order valence-corrected chi connectivity index (χ1v) is 8.94. The van der Waals surface area contributed by atoms with Crippen molar-refractivity contribution in [2.45, 2.75) is 33.0 Å². The lowest BCUT2D eigenvalue weighted by Crippen LogP contribution is -2.49. The van der Waals surface area contributed by atoms with E-state index in [2.05, 4.69) is 10.3 Å². The van der Waals surface area contributed by atoms with Crippen LogP contribution in [0.15, 0.2) is 36.5 Å². The smallest absolute Gasteiger partial charge is 0.322 e. The summed E-state index contributed by atoms with van der Waals surface area (Å²) < 4.78 is 16.8. The maximum absolute atomic E-state index is 12.4. The molecule has 27 heavy (non-hydrogen) atoms. The van der Waals surface area contributed by atoms with Crippen LogP contribution in [0.5, 0.6) is 17.4 Å². The number of nitrogens with one attached hydrogen (secondary N) is 1. The second-order valence-electron chi connectivity index (χ2n) is 6.73. The monoisotopic (exact) mass is 371 g/mol. The number of pyridine rings is 1. The molecule has 1 aromatic carbocycles. The molecule has 0 aliphatic carbocycles. The van der Waals surface area contributed by atoms with Gasteiger partial charge in [0.2, 0.25) is 5.88 Å². The van der Waals surface area contributed by atoms with Crippen molar-refractivity contribution in [1.82, 2.24) is 9.88 Å². The molecule has 1 fully saturated rings. The largest absolute Gasteiger partial charge is 0.493 e. The number of aromatic nitrogens is 1. The molecule has 0 spiro atoms. The molecule has 1 N–H and O–H groups in total. The van der Waals surface area contributed by atoms with Gasteiger partial charge in [0.15, 0.2) is 11.5 Å². The maximum atomic E-state index is 12.4. The lowest BCUT2D eigenvalue weighted by atomic mass is 10.2. The molecule has 7 nitrogen and oxygen atoms in total. The van der Waals surface area contributed by atoms with Crippen LogP contribution in [0, 0.1) is 6.92 Å². The number of carbonyl (C=O) groups excluding carboxylic acids is 1. The van der Waals surface area contributed by atoms with Crippen molar-refractivity contribution in [3.8, 4) is 17.4 Å². The lowest BCUT2D eigenvalue weighted by molar-refractivity contribution is -0.0530. The van der Waals surface area contributed by atoms with Crippen molar-refractivity contribution in [2.24, 2.45) is 0 Å². The van der Waals surface area contributed by atoms with E-state index in [-0.39, 0.29) is 18.2 Å². The minimum atomic E-state index is -0.160. The molecular formula is C20H25N3O4. The highest BCUT2D eigenvalue weighted by Gasteiger charge is 2.25. The van der Waals surface area contributed by atoms with Crippen molar-refractivity contribution in [1.29, 1.82) is 0 Å². The predicted molar refractivity (Wildman–Crippen MR) is 103 cm³/mol. The highest BCUT2D eigenvalue weighted by molar-refractivity contribution is 5.89. The van der Waals surface area contributed by atoms with Crippen molar-refractivity contribution in [3.05, 3.63) is 42.1 Å². The van der Waals surface area contributed by atoms with Gasteiger partial charge in [0.1, 0.15) is 0 Å². The van der Waals surface area contributed by atoms with E-state index < -0.39 is 0 Å². The standard InChI is InChI=1S/C20H25N3O4/c1-13-5-7-17(18(9-13)25-4)27-19-8-6-16(10-21-19)22-20(24)23-11-14(2)26-15(3)12-23/h5-10,14-15H,11-12H2,1-4H3,(H,22,24)/t14-,15-/m1/s1. The normalized spacial score (nSPS) is 19.5. The van der Waals surface area contributed by atoms with Crippen LogP contribution >= 0.6 is 0 Å². The summed E-state index contributed by atoms with van der Waals surface area (Å²) in [6.45, 7) is 7.04. The minimum absolute atomic E-state index is 0.0258. The van der Waals surface area contributed by atoms with Crippen molar-refractivity contribution in [2.75, 3.05) is 25.5 Å². The number of hydrogen-bond acceptors (Lipinski definition) is 5. The molecule has 1 aliphatic rings. The third-order valence-corrected chi connectivity index (χ3v) is 4.23. The Balaban J connectivity index is 1.63. The zero-order valence-electron chi connectivity index (χ0n) is 16.1. The number of aryl methyl sites for hydroxylation is 1. The highest BCUT2D eigenvalue weighted by Crippen LogP contribution is 2.31. The van der Waals surface area contributed by atoms with Crippen LogP contribution in [0.2, 0.25) is 0 Å². The van der Waals surface area contributed by atoms with Gasteiger partial charge in [0.05, 0.1) is 31.2 Å². The second-order valence-corrected chi connectivity index (χ2v) is 6.73. The number of benzene rings is 1. The fourth-order valence-electron chi connectivity index (χ4n) is 3.03. The summed E-state index contributed by atoms with van der Waals surface area (Å²) in [5.74, 6) is 1.65. The molecule has 0 radical (unpaired) electrons. The van der Waals surface area contributed by atoms with Crippen molar-refractivity contribution >= 4 is 11.7 Å². The van der Waals surface area contributed by atoms with Crippen molar-refractivity contribution < 1.29 is 19.0 Å². The molecule has 1 aromatic heterocycles. The number of hydrogen-bond donors (Lipinski definition) is 1. The Hall–Kier alpha value is -2.80. The van der Waals surface area contributed by atoms with E-state index in [4.69, 9.17) is 14.2 Å². The van der Waals surface area contributed by atoms with Gasteiger partial charge in [0.25, 0.3) is 0 Å². The zero-order chi connectivity index (χ0) is 19.4. The molecule has 2 atom stereocenters. The van der Waals surface area contributed by atoms with E-state index >= 15 is 0 Å². The first-order chi connectivity index (χ1) is 12.9. The number of nitrogens with zero attached hydrogens (tertiary/aromatic N) is 2. The number of methoxy groups -OCH3 is 1. The Labute approximate surface area is 159 Å². The summed E-state index contributed by atoms with van der Waals surface area (Å²) in [7, 11) is 1.60. The van der Waals surface area contributed by atoms with Crippen LogP contribution < -0.4 is 14.8 Å². The van der Waals surface area contributed by atoms with Crippen LogP contribution in [0.1, 0.15) is 19.4 Å². The molecular weight excluding hydrogens is 346 g/mol. The van der Waals surface area contributed by atoms with Crippen LogP contribution in [-0.2, 0) is 4.74 Å². The Morgan fingerprint density at radius 3 is 2.56 bits per heavy atom. The number of carbonyl (C=O) groups is 1. The number of morpholine rings is 1. The van der Waals surface area contributed by atoms with Gasteiger partial charge in [-0.3, -0.25) is 0 Å². The first kappa shape index (κ1) is 19.0. The van der Waals surface area contributed by atoms with Gasteiger partial charge < -0.3 is 24.4 Å². The lowest BCUT2D eigenvalue weighted by Gasteiger charge is -2.35. The summed E-state index contributed by atoms with van der Waals surface area (Å²) in [6, 6.07) is 8.98. The maximum Gasteiger partial charge on any atom is 0.322 e. The van der Waals surface area contributed by atoms with Crippen LogP contribution in [0.3, 0.4) is 0 Å². The van der Waals surface area contributed by atoms with Gasteiger partial charge >= 0.3 is 6.03 Å².